The Balaban J connectivity index is 1.55. The molecule has 1 aromatic carbocycles. The standard InChI is InChI=1S/C16H21N3S2/c1-16(2,3)12-6-4-11(5-7-12)10-20-15-19-18-14(21-15)17-13-8-9-13/h4-7,13H,8-10H2,1-3H3,(H,17,18). The van der Waals surface area contributed by atoms with E-state index in [1.807, 2.05) is 0 Å². The van der Waals surface area contributed by atoms with Crippen LogP contribution in [0.25, 0.3) is 0 Å². The highest BCUT2D eigenvalue weighted by atomic mass is 32.2. The zero-order valence-electron chi connectivity index (χ0n) is 12.7. The summed E-state index contributed by atoms with van der Waals surface area (Å²) in [7, 11) is 0. The smallest absolute Gasteiger partial charge is 0.206 e. The Hall–Kier alpha value is -1.07. The van der Waals surface area contributed by atoms with Crippen molar-refractivity contribution >= 4 is 28.2 Å². The summed E-state index contributed by atoms with van der Waals surface area (Å²) < 4.78 is 1.04. The molecule has 0 amide bonds. The lowest BCUT2D eigenvalue weighted by Gasteiger charge is -2.19. The third kappa shape index (κ3) is 4.20. The molecule has 3 rings (SSSR count). The molecule has 0 unspecified atom stereocenters. The molecule has 5 heteroatoms. The van der Waals surface area contributed by atoms with Crippen LogP contribution in [0.4, 0.5) is 5.13 Å². The first-order valence-electron chi connectivity index (χ1n) is 7.33. The third-order valence-corrected chi connectivity index (χ3v) is 5.55. The van der Waals surface area contributed by atoms with Crippen LogP contribution in [0.2, 0.25) is 0 Å². The van der Waals surface area contributed by atoms with Crippen molar-refractivity contribution in [3.05, 3.63) is 35.4 Å². The molecule has 1 saturated carbocycles. The number of hydrogen-bond donors (Lipinski definition) is 1. The van der Waals surface area contributed by atoms with Crippen molar-refractivity contribution in [1.29, 1.82) is 0 Å². The van der Waals surface area contributed by atoms with E-state index in [-0.39, 0.29) is 5.41 Å². The average molecular weight is 319 g/mol. The van der Waals surface area contributed by atoms with Gasteiger partial charge in [-0.15, -0.1) is 10.2 Å². The summed E-state index contributed by atoms with van der Waals surface area (Å²) in [6.45, 7) is 6.73. The fraction of sp³-hybridized carbons (Fsp3) is 0.500. The van der Waals surface area contributed by atoms with Crippen LogP contribution < -0.4 is 5.32 Å². The molecule has 1 heterocycles. The van der Waals surface area contributed by atoms with E-state index < -0.39 is 0 Å². The van der Waals surface area contributed by atoms with Crippen LogP contribution in [0.3, 0.4) is 0 Å². The Morgan fingerprint density at radius 1 is 1.19 bits per heavy atom. The van der Waals surface area contributed by atoms with E-state index in [1.54, 1.807) is 23.1 Å². The van der Waals surface area contributed by atoms with Crippen LogP contribution in [0.1, 0.15) is 44.7 Å². The minimum absolute atomic E-state index is 0.217. The van der Waals surface area contributed by atoms with Crippen molar-refractivity contribution in [3.8, 4) is 0 Å². The number of anilines is 1. The Labute approximate surface area is 134 Å². The predicted molar refractivity (Wildman–Crippen MR) is 91.3 cm³/mol. The van der Waals surface area contributed by atoms with Gasteiger partial charge in [0.15, 0.2) is 4.34 Å². The van der Waals surface area contributed by atoms with E-state index in [1.165, 1.54) is 24.0 Å². The number of thioether (sulfide) groups is 1. The summed E-state index contributed by atoms with van der Waals surface area (Å²) in [6, 6.07) is 9.54. The van der Waals surface area contributed by atoms with Crippen molar-refractivity contribution in [3.63, 3.8) is 0 Å². The molecule has 0 saturated heterocycles. The summed E-state index contributed by atoms with van der Waals surface area (Å²) in [5, 5.41) is 12.8. The number of hydrogen-bond acceptors (Lipinski definition) is 5. The zero-order chi connectivity index (χ0) is 14.9. The molecule has 1 aliphatic rings. The van der Waals surface area contributed by atoms with E-state index in [4.69, 9.17) is 0 Å². The molecule has 0 spiro atoms. The second kappa shape index (κ2) is 5.97. The molecule has 1 N–H and O–H groups in total. The molecule has 21 heavy (non-hydrogen) atoms. The first-order chi connectivity index (χ1) is 10.0. The highest BCUT2D eigenvalue weighted by molar-refractivity contribution is 8.00. The van der Waals surface area contributed by atoms with Gasteiger partial charge in [-0.25, -0.2) is 0 Å². The van der Waals surface area contributed by atoms with E-state index >= 15 is 0 Å². The number of rotatable bonds is 5. The SMILES string of the molecule is CC(C)(C)c1ccc(CSc2nnc(NC3CC3)s2)cc1. The minimum Gasteiger partial charge on any atom is -0.357 e. The first kappa shape index (κ1) is 14.9. The second-order valence-electron chi connectivity index (χ2n) is 6.53. The van der Waals surface area contributed by atoms with Gasteiger partial charge in [-0.1, -0.05) is 68.1 Å². The van der Waals surface area contributed by atoms with Crippen molar-refractivity contribution in [2.75, 3.05) is 5.32 Å². The number of nitrogens with one attached hydrogen (secondary N) is 1. The second-order valence-corrected chi connectivity index (χ2v) is 8.73. The van der Waals surface area contributed by atoms with Crippen LogP contribution in [-0.2, 0) is 11.2 Å². The molecule has 0 radical (unpaired) electrons. The normalized spacial score (nSPS) is 15.2. The molecule has 1 aliphatic carbocycles. The molecule has 0 aliphatic heterocycles. The van der Waals surface area contributed by atoms with Gasteiger partial charge in [0, 0.05) is 11.8 Å². The van der Waals surface area contributed by atoms with Gasteiger partial charge in [0.1, 0.15) is 0 Å². The largest absolute Gasteiger partial charge is 0.357 e. The zero-order valence-corrected chi connectivity index (χ0v) is 14.4. The fourth-order valence-electron chi connectivity index (χ4n) is 1.97. The topological polar surface area (TPSA) is 37.8 Å². The summed E-state index contributed by atoms with van der Waals surface area (Å²) in [4.78, 5) is 0. The highest BCUT2D eigenvalue weighted by Crippen LogP contribution is 2.32. The monoisotopic (exact) mass is 319 g/mol. The summed E-state index contributed by atoms with van der Waals surface area (Å²) in [5.41, 5.74) is 2.93. The van der Waals surface area contributed by atoms with Gasteiger partial charge >= 0.3 is 0 Å². The molecule has 1 fully saturated rings. The number of aromatic nitrogens is 2. The van der Waals surface area contributed by atoms with Gasteiger partial charge < -0.3 is 5.32 Å². The summed E-state index contributed by atoms with van der Waals surface area (Å²) in [5.74, 6) is 0.947. The van der Waals surface area contributed by atoms with Crippen molar-refractivity contribution < 1.29 is 0 Å². The van der Waals surface area contributed by atoms with E-state index in [2.05, 4.69) is 60.6 Å². The number of benzene rings is 1. The predicted octanol–water partition coefficient (Wildman–Crippen LogP) is 4.70. The van der Waals surface area contributed by atoms with Crippen molar-refractivity contribution in [2.24, 2.45) is 0 Å². The summed E-state index contributed by atoms with van der Waals surface area (Å²) >= 11 is 3.42. The van der Waals surface area contributed by atoms with Crippen molar-refractivity contribution in [1.82, 2.24) is 10.2 Å². The highest BCUT2D eigenvalue weighted by Gasteiger charge is 2.22. The van der Waals surface area contributed by atoms with Crippen molar-refractivity contribution in [2.45, 2.75) is 55.2 Å². The van der Waals surface area contributed by atoms with Gasteiger partial charge in [-0.3, -0.25) is 0 Å². The Kier molecular flexibility index (Phi) is 4.22. The van der Waals surface area contributed by atoms with Crippen LogP contribution in [0, 0.1) is 0 Å². The van der Waals surface area contributed by atoms with Gasteiger partial charge in [-0.05, 0) is 29.4 Å². The Morgan fingerprint density at radius 2 is 1.90 bits per heavy atom. The van der Waals surface area contributed by atoms with Gasteiger partial charge in [0.05, 0.1) is 0 Å². The Morgan fingerprint density at radius 3 is 2.52 bits per heavy atom. The first-order valence-corrected chi connectivity index (χ1v) is 9.13. The molecular weight excluding hydrogens is 298 g/mol. The van der Waals surface area contributed by atoms with Gasteiger partial charge in [0.2, 0.25) is 5.13 Å². The maximum Gasteiger partial charge on any atom is 0.206 e. The molecule has 112 valence electrons. The lowest BCUT2D eigenvalue weighted by atomic mass is 9.87. The van der Waals surface area contributed by atoms with Crippen LogP contribution in [-0.4, -0.2) is 16.2 Å². The maximum atomic E-state index is 4.24. The molecule has 1 aromatic heterocycles. The summed E-state index contributed by atoms with van der Waals surface area (Å²) in [6.07, 6.45) is 2.53. The lowest BCUT2D eigenvalue weighted by molar-refractivity contribution is 0.590. The fourth-order valence-corrected chi connectivity index (χ4v) is 3.76. The third-order valence-electron chi connectivity index (χ3n) is 3.49. The van der Waals surface area contributed by atoms with Crippen LogP contribution in [0.5, 0.6) is 0 Å². The molecule has 0 bridgehead atoms. The quantitative estimate of drug-likeness (QED) is 0.811. The van der Waals surface area contributed by atoms with Crippen LogP contribution >= 0.6 is 23.1 Å². The van der Waals surface area contributed by atoms with Gasteiger partial charge in [-0.2, -0.15) is 0 Å². The van der Waals surface area contributed by atoms with E-state index in [0.717, 1.165) is 15.2 Å². The molecule has 0 atom stereocenters. The van der Waals surface area contributed by atoms with E-state index in [9.17, 15) is 0 Å². The average Bonchev–Trinajstić information content (AvgIpc) is 3.13. The number of nitrogens with zero attached hydrogens (tertiary/aromatic N) is 2. The molecular formula is C16H21N3S2. The molecule has 3 nitrogen and oxygen atoms in total. The van der Waals surface area contributed by atoms with Gasteiger partial charge in [0.25, 0.3) is 0 Å². The Bertz CT molecular complexity index is 595. The minimum atomic E-state index is 0.217. The molecule has 2 aromatic rings. The van der Waals surface area contributed by atoms with Crippen LogP contribution in [0.15, 0.2) is 28.6 Å². The lowest BCUT2D eigenvalue weighted by Crippen LogP contribution is -2.10. The maximum absolute atomic E-state index is 4.24. The van der Waals surface area contributed by atoms with E-state index in [0.29, 0.717) is 6.04 Å².